The van der Waals surface area contributed by atoms with E-state index in [1.165, 1.54) is 0 Å². The van der Waals surface area contributed by atoms with Crippen molar-refractivity contribution >= 4 is 10.2 Å². The minimum Gasteiger partial charge on any atom is -0.202 e. The SMILES string of the molecule is CC(C)CNS(=O)(=O)N1CCC[C@H](C)C1. The second-order valence-corrected chi connectivity index (χ2v) is 6.61. The van der Waals surface area contributed by atoms with Gasteiger partial charge in [0.15, 0.2) is 0 Å². The lowest BCUT2D eigenvalue weighted by Crippen LogP contribution is -2.46. The highest BCUT2D eigenvalue weighted by molar-refractivity contribution is 7.87. The second kappa shape index (κ2) is 5.27. The second-order valence-electron chi connectivity index (χ2n) is 4.85. The molecule has 1 heterocycles. The molecule has 0 radical (unpaired) electrons. The van der Waals surface area contributed by atoms with Crippen molar-refractivity contribution < 1.29 is 8.42 Å². The van der Waals surface area contributed by atoms with Gasteiger partial charge in [-0.15, -0.1) is 0 Å². The van der Waals surface area contributed by atoms with Gasteiger partial charge in [-0.2, -0.15) is 12.7 Å². The summed E-state index contributed by atoms with van der Waals surface area (Å²) in [5, 5.41) is 0. The van der Waals surface area contributed by atoms with Crippen LogP contribution in [0.3, 0.4) is 0 Å². The van der Waals surface area contributed by atoms with E-state index in [2.05, 4.69) is 11.6 Å². The average molecular weight is 234 g/mol. The first-order valence-corrected chi connectivity index (χ1v) is 7.10. The van der Waals surface area contributed by atoms with Gasteiger partial charge in [0.1, 0.15) is 0 Å². The van der Waals surface area contributed by atoms with Crippen molar-refractivity contribution in [2.45, 2.75) is 33.6 Å². The van der Waals surface area contributed by atoms with Gasteiger partial charge in [-0.3, -0.25) is 0 Å². The van der Waals surface area contributed by atoms with E-state index in [9.17, 15) is 8.42 Å². The molecule has 1 N–H and O–H groups in total. The molecular formula is C10H22N2O2S. The van der Waals surface area contributed by atoms with Crippen molar-refractivity contribution in [2.75, 3.05) is 19.6 Å². The molecule has 1 atom stereocenters. The molecule has 15 heavy (non-hydrogen) atoms. The Hall–Kier alpha value is -0.130. The van der Waals surface area contributed by atoms with E-state index in [1.54, 1.807) is 4.31 Å². The number of nitrogens with zero attached hydrogens (tertiary/aromatic N) is 1. The van der Waals surface area contributed by atoms with E-state index in [4.69, 9.17) is 0 Å². The first-order chi connectivity index (χ1) is 6.92. The zero-order chi connectivity index (χ0) is 11.5. The fourth-order valence-electron chi connectivity index (χ4n) is 1.73. The van der Waals surface area contributed by atoms with Gasteiger partial charge in [0.05, 0.1) is 0 Å². The maximum Gasteiger partial charge on any atom is 0.279 e. The van der Waals surface area contributed by atoms with Crippen LogP contribution in [0.5, 0.6) is 0 Å². The normalized spacial score (nSPS) is 24.7. The van der Waals surface area contributed by atoms with Gasteiger partial charge in [0.25, 0.3) is 10.2 Å². The van der Waals surface area contributed by atoms with E-state index in [0.29, 0.717) is 31.5 Å². The van der Waals surface area contributed by atoms with E-state index >= 15 is 0 Å². The number of rotatable bonds is 4. The Bertz CT molecular complexity index is 288. The average Bonchev–Trinajstić information content (AvgIpc) is 2.15. The van der Waals surface area contributed by atoms with Crippen LogP contribution in [-0.4, -0.2) is 32.4 Å². The molecule has 0 amide bonds. The summed E-state index contributed by atoms with van der Waals surface area (Å²) in [5.74, 6) is 0.830. The third kappa shape index (κ3) is 4.09. The minimum atomic E-state index is -3.23. The molecule has 4 nitrogen and oxygen atoms in total. The molecule has 1 rings (SSSR count). The maximum atomic E-state index is 11.9. The topological polar surface area (TPSA) is 49.4 Å². The summed E-state index contributed by atoms with van der Waals surface area (Å²) in [6, 6.07) is 0. The van der Waals surface area contributed by atoms with Gasteiger partial charge in [-0.25, -0.2) is 4.72 Å². The Morgan fingerprint density at radius 2 is 2.13 bits per heavy atom. The summed E-state index contributed by atoms with van der Waals surface area (Å²) < 4.78 is 27.9. The highest BCUT2D eigenvalue weighted by Crippen LogP contribution is 2.17. The third-order valence-electron chi connectivity index (χ3n) is 2.63. The summed E-state index contributed by atoms with van der Waals surface area (Å²) in [5.41, 5.74) is 0. The third-order valence-corrected chi connectivity index (χ3v) is 4.18. The molecule has 1 aliphatic heterocycles. The predicted octanol–water partition coefficient (Wildman–Crippen LogP) is 1.21. The lowest BCUT2D eigenvalue weighted by atomic mass is 10.0. The Morgan fingerprint density at radius 1 is 1.47 bits per heavy atom. The largest absolute Gasteiger partial charge is 0.279 e. The molecule has 0 aromatic carbocycles. The van der Waals surface area contributed by atoms with E-state index in [-0.39, 0.29) is 0 Å². The van der Waals surface area contributed by atoms with Crippen LogP contribution in [0.15, 0.2) is 0 Å². The summed E-state index contributed by atoms with van der Waals surface area (Å²) in [6.07, 6.45) is 2.11. The predicted molar refractivity (Wildman–Crippen MR) is 61.7 cm³/mol. The molecule has 5 heteroatoms. The number of hydrogen-bond donors (Lipinski definition) is 1. The smallest absolute Gasteiger partial charge is 0.202 e. The lowest BCUT2D eigenvalue weighted by Gasteiger charge is -2.30. The van der Waals surface area contributed by atoms with Crippen molar-refractivity contribution in [3.05, 3.63) is 0 Å². The van der Waals surface area contributed by atoms with Crippen LogP contribution < -0.4 is 4.72 Å². The van der Waals surface area contributed by atoms with Gasteiger partial charge in [-0.05, 0) is 24.7 Å². The van der Waals surface area contributed by atoms with Crippen LogP contribution in [0, 0.1) is 11.8 Å². The molecule has 0 unspecified atom stereocenters. The minimum absolute atomic E-state index is 0.349. The van der Waals surface area contributed by atoms with Crippen molar-refractivity contribution in [3.8, 4) is 0 Å². The monoisotopic (exact) mass is 234 g/mol. The van der Waals surface area contributed by atoms with Gasteiger partial charge >= 0.3 is 0 Å². The molecule has 0 spiro atoms. The summed E-state index contributed by atoms with van der Waals surface area (Å²) in [4.78, 5) is 0. The number of hydrogen-bond acceptors (Lipinski definition) is 2. The van der Waals surface area contributed by atoms with Crippen LogP contribution in [-0.2, 0) is 10.2 Å². The van der Waals surface area contributed by atoms with Crippen LogP contribution >= 0.6 is 0 Å². The lowest BCUT2D eigenvalue weighted by molar-refractivity contribution is 0.277. The molecule has 0 aromatic rings. The number of piperidine rings is 1. The van der Waals surface area contributed by atoms with Gasteiger partial charge in [0, 0.05) is 19.6 Å². The van der Waals surface area contributed by atoms with Crippen LogP contribution in [0.1, 0.15) is 33.6 Å². The Morgan fingerprint density at radius 3 is 2.67 bits per heavy atom. The standard InChI is InChI=1S/C10H22N2O2S/c1-9(2)7-11-15(13,14)12-6-4-5-10(3)8-12/h9-11H,4-8H2,1-3H3/t10-/m0/s1. The molecule has 0 aromatic heterocycles. The van der Waals surface area contributed by atoms with Crippen LogP contribution in [0.25, 0.3) is 0 Å². The molecular weight excluding hydrogens is 212 g/mol. The van der Waals surface area contributed by atoms with Gasteiger partial charge in [0.2, 0.25) is 0 Å². The quantitative estimate of drug-likeness (QED) is 0.795. The highest BCUT2D eigenvalue weighted by Gasteiger charge is 2.26. The molecule has 0 saturated carbocycles. The zero-order valence-corrected chi connectivity index (χ0v) is 10.7. The fraction of sp³-hybridized carbons (Fsp3) is 1.00. The molecule has 90 valence electrons. The van der Waals surface area contributed by atoms with E-state index in [0.717, 1.165) is 12.8 Å². The molecule has 1 aliphatic rings. The van der Waals surface area contributed by atoms with Crippen molar-refractivity contribution in [1.29, 1.82) is 0 Å². The zero-order valence-electron chi connectivity index (χ0n) is 9.86. The first kappa shape index (κ1) is 12.9. The molecule has 0 bridgehead atoms. The van der Waals surface area contributed by atoms with Crippen LogP contribution in [0.4, 0.5) is 0 Å². The molecule has 0 aliphatic carbocycles. The van der Waals surface area contributed by atoms with Gasteiger partial charge < -0.3 is 0 Å². The Kier molecular flexibility index (Phi) is 4.55. The Labute approximate surface area is 93.2 Å². The summed E-state index contributed by atoms with van der Waals surface area (Å²) in [7, 11) is -3.23. The van der Waals surface area contributed by atoms with Crippen molar-refractivity contribution in [2.24, 2.45) is 11.8 Å². The van der Waals surface area contributed by atoms with Crippen molar-refractivity contribution in [3.63, 3.8) is 0 Å². The summed E-state index contributed by atoms with van der Waals surface area (Å²) >= 11 is 0. The fourth-order valence-corrected chi connectivity index (χ4v) is 3.27. The maximum absolute atomic E-state index is 11.9. The van der Waals surface area contributed by atoms with E-state index < -0.39 is 10.2 Å². The first-order valence-electron chi connectivity index (χ1n) is 5.66. The molecule has 1 saturated heterocycles. The van der Waals surface area contributed by atoms with Gasteiger partial charge in [-0.1, -0.05) is 20.8 Å². The molecule has 1 fully saturated rings. The number of nitrogens with one attached hydrogen (secondary N) is 1. The Balaban J connectivity index is 2.52. The van der Waals surface area contributed by atoms with Crippen LogP contribution in [0.2, 0.25) is 0 Å². The highest BCUT2D eigenvalue weighted by atomic mass is 32.2. The summed E-state index contributed by atoms with van der Waals surface area (Å²) in [6.45, 7) is 7.95. The van der Waals surface area contributed by atoms with E-state index in [1.807, 2.05) is 13.8 Å². The van der Waals surface area contributed by atoms with Crippen molar-refractivity contribution in [1.82, 2.24) is 9.03 Å².